The van der Waals surface area contributed by atoms with Crippen molar-refractivity contribution in [3.63, 3.8) is 0 Å². The fourth-order valence-electron chi connectivity index (χ4n) is 4.41. The van der Waals surface area contributed by atoms with Crippen molar-refractivity contribution in [2.45, 2.75) is 45.8 Å². The molecule has 2 heterocycles. The van der Waals surface area contributed by atoms with E-state index in [-0.39, 0.29) is 0 Å². The molecule has 0 radical (unpaired) electrons. The first-order valence-corrected chi connectivity index (χ1v) is 16.3. The normalized spacial score (nSPS) is 11.5. The van der Waals surface area contributed by atoms with E-state index in [1.807, 2.05) is 73.7 Å². The molecule has 242 valence electrons. The molecule has 11 heteroatoms. The first kappa shape index (κ1) is 33.4. The largest absolute Gasteiger partial charge is 0.493 e. The second-order valence-electron chi connectivity index (χ2n) is 11.7. The van der Waals surface area contributed by atoms with Crippen molar-refractivity contribution in [3.8, 4) is 38.4 Å². The maximum Gasteiger partial charge on any atom is 0.347 e. The highest BCUT2D eigenvalue weighted by Gasteiger charge is 2.31. The quantitative estimate of drug-likeness (QED) is 0.155. The van der Waals surface area contributed by atoms with Crippen LogP contribution in [0.1, 0.15) is 33.3 Å². The van der Waals surface area contributed by atoms with E-state index in [1.54, 1.807) is 34.8 Å². The van der Waals surface area contributed by atoms with Crippen molar-refractivity contribution in [2.24, 2.45) is 0 Å². The van der Waals surface area contributed by atoms with Gasteiger partial charge in [-0.1, -0.05) is 24.3 Å². The molecule has 0 bridgehead atoms. The number of aryl methyl sites for hydroxylation is 1. The summed E-state index contributed by atoms with van der Waals surface area (Å²) in [4.78, 5) is 31.7. The van der Waals surface area contributed by atoms with E-state index in [0.717, 1.165) is 47.1 Å². The Morgan fingerprint density at radius 3 is 1.53 bits per heavy atom. The van der Waals surface area contributed by atoms with E-state index >= 15 is 0 Å². The Labute approximate surface area is 280 Å². The number of para-hydroxylation sites is 2. The zero-order chi connectivity index (χ0) is 33.9. The van der Waals surface area contributed by atoms with E-state index in [9.17, 15) is 19.8 Å². The van der Waals surface area contributed by atoms with Crippen molar-refractivity contribution in [1.29, 1.82) is 0 Å². The molecule has 9 nitrogen and oxygen atoms in total. The average Bonchev–Trinajstić information content (AvgIpc) is 3.67. The molecule has 0 saturated heterocycles. The lowest BCUT2D eigenvalue weighted by Crippen LogP contribution is -2.38. The van der Waals surface area contributed by atoms with Crippen molar-refractivity contribution < 1.29 is 34.0 Å². The number of fused-ring (bicyclic) bond motifs is 2. The first-order chi connectivity index (χ1) is 22.3. The molecule has 0 spiro atoms. The number of carboxylic acids is 2. The number of hydrogen-bond acceptors (Lipinski definition) is 9. The number of hydrogen-bond donors (Lipinski definition) is 2. The monoisotopic (exact) mass is 670 g/mol. The Morgan fingerprint density at radius 1 is 0.638 bits per heavy atom. The molecule has 0 fully saturated rings. The van der Waals surface area contributed by atoms with Gasteiger partial charge < -0.3 is 24.4 Å². The molecule has 0 unspecified atom stereocenters. The Kier molecular flexibility index (Phi) is 9.50. The zero-order valence-electron chi connectivity index (χ0n) is 26.7. The fourth-order valence-corrected chi connectivity index (χ4v) is 6.33. The predicted octanol–water partition coefficient (Wildman–Crippen LogP) is 8.73. The van der Waals surface area contributed by atoms with E-state index in [0.29, 0.717) is 17.2 Å². The number of carbonyl (C=O) groups is 2. The van der Waals surface area contributed by atoms with Crippen LogP contribution in [0.4, 0.5) is 0 Å². The lowest BCUT2D eigenvalue weighted by molar-refractivity contribution is -0.152. The minimum Gasteiger partial charge on any atom is -0.493 e. The summed E-state index contributed by atoms with van der Waals surface area (Å²) in [5.74, 6) is -0.606. The zero-order valence-corrected chi connectivity index (χ0v) is 28.4. The molecule has 2 aromatic heterocycles. The highest BCUT2D eigenvalue weighted by molar-refractivity contribution is 7.22. The van der Waals surface area contributed by atoms with Crippen LogP contribution >= 0.6 is 22.7 Å². The summed E-state index contributed by atoms with van der Waals surface area (Å²) in [6.07, 6.45) is 0. The Hall–Kier alpha value is -5.00. The smallest absolute Gasteiger partial charge is 0.347 e. The molecular weight excluding hydrogens is 637 g/mol. The van der Waals surface area contributed by atoms with E-state index in [2.05, 4.69) is 16.0 Å². The highest BCUT2D eigenvalue weighted by atomic mass is 32.1. The van der Waals surface area contributed by atoms with Crippen molar-refractivity contribution >= 4 is 55.0 Å². The van der Waals surface area contributed by atoms with Gasteiger partial charge in [-0.15, -0.1) is 22.7 Å². The van der Waals surface area contributed by atoms with Crippen molar-refractivity contribution in [1.82, 2.24) is 9.97 Å². The Bertz CT molecular complexity index is 2010. The SMILES string of the molecule is COc1cc(-c2nc3ccccc3s2)ccc1OC(C)(C)C(=O)O.Cc1cc(-c2nc3ccccc3s2)ccc1OC(C)(C)C(=O)O. The van der Waals surface area contributed by atoms with Crippen LogP contribution in [0.15, 0.2) is 84.9 Å². The highest BCUT2D eigenvalue weighted by Crippen LogP contribution is 2.37. The van der Waals surface area contributed by atoms with Gasteiger partial charge in [0.1, 0.15) is 15.8 Å². The van der Waals surface area contributed by atoms with E-state index in [4.69, 9.17) is 14.2 Å². The van der Waals surface area contributed by atoms with Gasteiger partial charge >= 0.3 is 11.9 Å². The number of carboxylic acid groups (broad SMARTS) is 2. The third-order valence-corrected chi connectivity index (χ3v) is 9.35. The standard InChI is InChI=1S/C18H17NO4S.C18H17NO3S/c1-18(2,17(20)21)23-13-9-8-11(10-14(13)22-3)16-19-12-6-4-5-7-15(12)24-16;1-11-10-12(8-9-14(11)22-18(2,3)17(20)21)16-19-13-6-4-5-7-15(13)23-16/h4-10H,1-3H3,(H,20,21);4-10H,1-3H3,(H,20,21). The van der Waals surface area contributed by atoms with Gasteiger partial charge in [-0.05, 0) is 101 Å². The molecule has 0 aliphatic heterocycles. The number of aliphatic carboxylic acids is 2. The molecular formula is C36H34N2O7S2. The molecule has 0 aliphatic carbocycles. The summed E-state index contributed by atoms with van der Waals surface area (Å²) in [5, 5.41) is 20.2. The summed E-state index contributed by atoms with van der Waals surface area (Å²) < 4.78 is 18.8. The number of rotatable bonds is 9. The summed E-state index contributed by atoms with van der Waals surface area (Å²) in [6, 6.07) is 27.0. The third-order valence-electron chi connectivity index (χ3n) is 7.18. The minimum atomic E-state index is -1.34. The third kappa shape index (κ3) is 7.53. The number of ether oxygens (including phenoxy) is 3. The minimum absolute atomic E-state index is 0.384. The van der Waals surface area contributed by atoms with Gasteiger partial charge in [0.05, 0.1) is 27.5 Å². The van der Waals surface area contributed by atoms with Gasteiger partial charge in [-0.25, -0.2) is 19.6 Å². The number of nitrogens with zero attached hydrogens (tertiary/aromatic N) is 2. The summed E-state index contributed by atoms with van der Waals surface area (Å²) in [5.41, 5.74) is 2.11. The lowest BCUT2D eigenvalue weighted by Gasteiger charge is -2.23. The Balaban J connectivity index is 0.000000185. The number of benzene rings is 4. The molecule has 2 N–H and O–H groups in total. The van der Waals surface area contributed by atoms with Gasteiger partial charge in [0.15, 0.2) is 22.7 Å². The average molecular weight is 671 g/mol. The summed E-state index contributed by atoms with van der Waals surface area (Å²) >= 11 is 3.23. The van der Waals surface area contributed by atoms with Crippen LogP contribution in [0.3, 0.4) is 0 Å². The van der Waals surface area contributed by atoms with Crippen molar-refractivity contribution in [3.05, 3.63) is 90.5 Å². The van der Waals surface area contributed by atoms with Crippen molar-refractivity contribution in [2.75, 3.05) is 7.11 Å². The second kappa shape index (κ2) is 13.4. The van der Waals surface area contributed by atoms with Gasteiger partial charge in [0.25, 0.3) is 0 Å². The second-order valence-corrected chi connectivity index (χ2v) is 13.7. The number of thiazole rings is 2. The van der Waals surface area contributed by atoms with Crippen LogP contribution in [-0.4, -0.2) is 50.4 Å². The van der Waals surface area contributed by atoms with Gasteiger partial charge in [0, 0.05) is 11.1 Å². The van der Waals surface area contributed by atoms with Crippen LogP contribution in [0.5, 0.6) is 17.2 Å². The maximum absolute atomic E-state index is 11.2. The maximum atomic E-state index is 11.2. The number of methoxy groups -OCH3 is 1. The first-order valence-electron chi connectivity index (χ1n) is 14.6. The van der Waals surface area contributed by atoms with Crippen LogP contribution in [0.2, 0.25) is 0 Å². The predicted molar refractivity (Wildman–Crippen MR) is 186 cm³/mol. The molecule has 0 aliphatic rings. The fraction of sp³-hybridized carbons (Fsp3) is 0.222. The van der Waals surface area contributed by atoms with Gasteiger partial charge in [0.2, 0.25) is 0 Å². The van der Waals surface area contributed by atoms with Gasteiger partial charge in [-0.3, -0.25) is 0 Å². The van der Waals surface area contributed by atoms with Crippen LogP contribution in [0.25, 0.3) is 41.6 Å². The van der Waals surface area contributed by atoms with Crippen LogP contribution < -0.4 is 14.2 Å². The molecule has 4 aromatic carbocycles. The van der Waals surface area contributed by atoms with Crippen LogP contribution in [-0.2, 0) is 9.59 Å². The molecule has 6 aromatic rings. The van der Waals surface area contributed by atoms with E-state index in [1.165, 1.54) is 34.8 Å². The molecule has 6 rings (SSSR count). The van der Waals surface area contributed by atoms with Crippen LogP contribution in [0, 0.1) is 6.92 Å². The van der Waals surface area contributed by atoms with Gasteiger partial charge in [-0.2, -0.15) is 0 Å². The molecule has 0 amide bonds. The molecule has 0 saturated carbocycles. The summed E-state index contributed by atoms with van der Waals surface area (Å²) in [7, 11) is 1.53. The molecule has 47 heavy (non-hydrogen) atoms. The topological polar surface area (TPSA) is 128 Å². The van der Waals surface area contributed by atoms with E-state index < -0.39 is 23.1 Å². The lowest BCUT2D eigenvalue weighted by atomic mass is 10.1. The number of aromatic nitrogens is 2. The molecule has 0 atom stereocenters. The summed E-state index contributed by atoms with van der Waals surface area (Å²) in [6.45, 7) is 7.98. The Morgan fingerprint density at radius 2 is 1.09 bits per heavy atom.